The van der Waals surface area contributed by atoms with Crippen molar-refractivity contribution in [2.75, 3.05) is 26.2 Å². The lowest BCUT2D eigenvalue weighted by atomic mass is 9.99. The van der Waals surface area contributed by atoms with Crippen LogP contribution >= 0.6 is 0 Å². The first-order valence-electron chi connectivity index (χ1n) is 8.04. The Hall–Kier alpha value is -0.900. The SMILES string of the molecule is CC(C(N)c1ccccc1)N1CCCN2CCCC2C1. The van der Waals surface area contributed by atoms with E-state index in [1.165, 1.54) is 51.0 Å². The van der Waals surface area contributed by atoms with Gasteiger partial charge in [0.25, 0.3) is 0 Å². The van der Waals surface area contributed by atoms with Crippen molar-refractivity contribution >= 4 is 0 Å². The van der Waals surface area contributed by atoms with E-state index in [4.69, 9.17) is 5.73 Å². The number of nitrogens with two attached hydrogens (primary N) is 1. The minimum Gasteiger partial charge on any atom is -0.323 e. The number of hydrogen-bond acceptors (Lipinski definition) is 3. The van der Waals surface area contributed by atoms with Crippen molar-refractivity contribution in [2.24, 2.45) is 5.73 Å². The van der Waals surface area contributed by atoms with Crippen molar-refractivity contribution in [3.05, 3.63) is 35.9 Å². The molecule has 2 heterocycles. The normalized spacial score (nSPS) is 27.8. The predicted octanol–water partition coefficient (Wildman–Crippen LogP) is 2.25. The summed E-state index contributed by atoms with van der Waals surface area (Å²) in [6, 6.07) is 11.8. The molecule has 2 saturated heterocycles. The van der Waals surface area contributed by atoms with Crippen LogP contribution < -0.4 is 5.73 Å². The highest BCUT2D eigenvalue weighted by Crippen LogP contribution is 2.25. The molecule has 2 aliphatic heterocycles. The van der Waals surface area contributed by atoms with Crippen LogP contribution in [0, 0.1) is 0 Å². The summed E-state index contributed by atoms with van der Waals surface area (Å²) in [5, 5.41) is 0. The van der Waals surface area contributed by atoms with Crippen LogP contribution in [0.5, 0.6) is 0 Å². The highest BCUT2D eigenvalue weighted by molar-refractivity contribution is 5.20. The zero-order valence-corrected chi connectivity index (χ0v) is 12.5. The second kappa shape index (κ2) is 6.25. The van der Waals surface area contributed by atoms with Gasteiger partial charge >= 0.3 is 0 Å². The van der Waals surface area contributed by atoms with E-state index in [0.717, 1.165) is 6.04 Å². The fourth-order valence-electron chi connectivity index (χ4n) is 3.79. The number of hydrogen-bond donors (Lipinski definition) is 1. The number of benzene rings is 1. The minimum atomic E-state index is 0.115. The molecule has 3 atom stereocenters. The Morgan fingerprint density at radius 3 is 2.65 bits per heavy atom. The van der Waals surface area contributed by atoms with Crippen LogP contribution in [0.1, 0.15) is 37.8 Å². The second-order valence-electron chi connectivity index (χ2n) is 6.36. The van der Waals surface area contributed by atoms with Gasteiger partial charge in [0.1, 0.15) is 0 Å². The summed E-state index contributed by atoms with van der Waals surface area (Å²) in [6.45, 7) is 7.25. The zero-order chi connectivity index (χ0) is 13.9. The largest absolute Gasteiger partial charge is 0.323 e. The molecule has 0 amide bonds. The van der Waals surface area contributed by atoms with Gasteiger partial charge in [-0.05, 0) is 51.4 Å². The van der Waals surface area contributed by atoms with E-state index in [1.807, 2.05) is 0 Å². The molecule has 0 saturated carbocycles. The predicted molar refractivity (Wildman–Crippen MR) is 83.6 cm³/mol. The van der Waals surface area contributed by atoms with Crippen molar-refractivity contribution in [1.29, 1.82) is 0 Å². The molecule has 0 aromatic heterocycles. The molecule has 3 rings (SSSR count). The van der Waals surface area contributed by atoms with Crippen LogP contribution in [-0.2, 0) is 0 Å². The summed E-state index contributed by atoms with van der Waals surface area (Å²) in [4.78, 5) is 5.30. The maximum absolute atomic E-state index is 6.50. The maximum atomic E-state index is 6.50. The smallest absolute Gasteiger partial charge is 0.0450 e. The summed E-state index contributed by atoms with van der Waals surface area (Å²) >= 11 is 0. The Labute approximate surface area is 122 Å². The first kappa shape index (κ1) is 14.1. The number of rotatable bonds is 3. The summed E-state index contributed by atoms with van der Waals surface area (Å²) in [7, 11) is 0. The third-order valence-corrected chi connectivity index (χ3v) is 5.12. The molecule has 3 unspecified atom stereocenters. The molecule has 0 spiro atoms. The van der Waals surface area contributed by atoms with E-state index < -0.39 is 0 Å². The van der Waals surface area contributed by atoms with Crippen LogP contribution in [0.4, 0.5) is 0 Å². The van der Waals surface area contributed by atoms with Crippen molar-refractivity contribution < 1.29 is 0 Å². The molecule has 1 aromatic rings. The van der Waals surface area contributed by atoms with Crippen LogP contribution in [0.25, 0.3) is 0 Å². The average molecular weight is 273 g/mol. The molecule has 3 nitrogen and oxygen atoms in total. The van der Waals surface area contributed by atoms with Gasteiger partial charge < -0.3 is 5.73 Å². The highest BCUT2D eigenvalue weighted by atomic mass is 15.3. The van der Waals surface area contributed by atoms with Gasteiger partial charge in [-0.1, -0.05) is 30.3 Å². The van der Waals surface area contributed by atoms with Gasteiger partial charge in [0, 0.05) is 24.7 Å². The first-order valence-corrected chi connectivity index (χ1v) is 8.04. The highest BCUT2D eigenvalue weighted by Gasteiger charge is 2.32. The Balaban J connectivity index is 1.68. The molecule has 0 bridgehead atoms. The van der Waals surface area contributed by atoms with E-state index in [0.29, 0.717) is 6.04 Å². The van der Waals surface area contributed by atoms with Crippen LogP contribution in [-0.4, -0.2) is 48.1 Å². The van der Waals surface area contributed by atoms with Gasteiger partial charge in [-0.15, -0.1) is 0 Å². The van der Waals surface area contributed by atoms with Gasteiger partial charge in [0.15, 0.2) is 0 Å². The summed E-state index contributed by atoms with van der Waals surface area (Å²) in [5.74, 6) is 0. The molecule has 0 radical (unpaired) electrons. The summed E-state index contributed by atoms with van der Waals surface area (Å²) < 4.78 is 0. The van der Waals surface area contributed by atoms with E-state index in [-0.39, 0.29) is 6.04 Å². The van der Waals surface area contributed by atoms with Crippen LogP contribution in [0.15, 0.2) is 30.3 Å². The molecule has 0 aliphatic carbocycles. The first-order chi connectivity index (χ1) is 9.75. The third kappa shape index (κ3) is 2.90. The Morgan fingerprint density at radius 1 is 1.10 bits per heavy atom. The number of nitrogens with zero attached hydrogens (tertiary/aromatic N) is 2. The van der Waals surface area contributed by atoms with Crippen molar-refractivity contribution in [3.8, 4) is 0 Å². The molecule has 1 aromatic carbocycles. The van der Waals surface area contributed by atoms with Crippen LogP contribution in [0.2, 0.25) is 0 Å². The van der Waals surface area contributed by atoms with Gasteiger partial charge in [0.2, 0.25) is 0 Å². The molecular weight excluding hydrogens is 246 g/mol. The minimum absolute atomic E-state index is 0.115. The van der Waals surface area contributed by atoms with Gasteiger partial charge in [0.05, 0.1) is 0 Å². The average Bonchev–Trinajstić information content (AvgIpc) is 2.83. The van der Waals surface area contributed by atoms with Crippen LogP contribution in [0.3, 0.4) is 0 Å². The van der Waals surface area contributed by atoms with Crippen molar-refractivity contribution in [2.45, 2.75) is 44.3 Å². The Bertz CT molecular complexity index is 420. The lowest BCUT2D eigenvalue weighted by molar-refractivity contribution is 0.163. The fourth-order valence-corrected chi connectivity index (χ4v) is 3.79. The molecule has 2 aliphatic rings. The molecule has 2 N–H and O–H groups in total. The number of fused-ring (bicyclic) bond motifs is 1. The van der Waals surface area contributed by atoms with Gasteiger partial charge in [-0.2, -0.15) is 0 Å². The quantitative estimate of drug-likeness (QED) is 0.917. The summed E-state index contributed by atoms with van der Waals surface area (Å²) in [5.41, 5.74) is 7.76. The summed E-state index contributed by atoms with van der Waals surface area (Å²) in [6.07, 6.45) is 4.02. The maximum Gasteiger partial charge on any atom is 0.0450 e. The monoisotopic (exact) mass is 273 g/mol. The molecular formula is C17H27N3. The van der Waals surface area contributed by atoms with Crippen molar-refractivity contribution in [3.63, 3.8) is 0 Å². The standard InChI is InChI=1S/C17H27N3/c1-14(17(18)15-7-3-2-4-8-15)20-12-6-11-19-10-5-9-16(19)13-20/h2-4,7-8,14,16-17H,5-6,9-13,18H2,1H3. The Kier molecular flexibility index (Phi) is 4.39. The third-order valence-electron chi connectivity index (χ3n) is 5.12. The molecule has 20 heavy (non-hydrogen) atoms. The van der Waals surface area contributed by atoms with E-state index >= 15 is 0 Å². The van der Waals surface area contributed by atoms with Gasteiger partial charge in [-0.3, -0.25) is 9.80 Å². The van der Waals surface area contributed by atoms with Crippen molar-refractivity contribution in [1.82, 2.24) is 9.80 Å². The fraction of sp³-hybridized carbons (Fsp3) is 0.647. The molecule has 3 heteroatoms. The topological polar surface area (TPSA) is 32.5 Å². The lowest BCUT2D eigenvalue weighted by Crippen LogP contribution is -2.45. The molecule has 2 fully saturated rings. The van der Waals surface area contributed by atoms with E-state index in [2.05, 4.69) is 47.1 Å². The van der Waals surface area contributed by atoms with E-state index in [1.54, 1.807) is 0 Å². The Morgan fingerprint density at radius 2 is 1.85 bits per heavy atom. The second-order valence-corrected chi connectivity index (χ2v) is 6.36. The lowest BCUT2D eigenvalue weighted by Gasteiger charge is -2.34. The molecule has 110 valence electrons. The zero-order valence-electron chi connectivity index (χ0n) is 12.5. The van der Waals surface area contributed by atoms with E-state index in [9.17, 15) is 0 Å². The van der Waals surface area contributed by atoms with Gasteiger partial charge in [-0.25, -0.2) is 0 Å².